The first-order chi connectivity index (χ1) is 12.3. The van der Waals surface area contributed by atoms with E-state index in [4.69, 9.17) is 9.47 Å². The number of hydrogen-bond donors (Lipinski definition) is 2. The van der Waals surface area contributed by atoms with Crippen molar-refractivity contribution in [2.45, 2.75) is 19.8 Å². The van der Waals surface area contributed by atoms with Gasteiger partial charge in [-0.15, -0.1) is 0 Å². The maximum atomic E-state index is 5.74. The first kappa shape index (κ1) is 19.3. The Kier molecular flexibility index (Phi) is 8.86. The van der Waals surface area contributed by atoms with Crippen LogP contribution in [0.4, 0.5) is 5.69 Å². The van der Waals surface area contributed by atoms with Gasteiger partial charge in [-0.25, -0.2) is 0 Å². The molecular weight excluding hydrogens is 334 g/mol. The van der Waals surface area contributed by atoms with Gasteiger partial charge in [-0.2, -0.15) is 11.3 Å². The van der Waals surface area contributed by atoms with Crippen molar-refractivity contribution in [1.82, 2.24) is 5.32 Å². The molecule has 25 heavy (non-hydrogen) atoms. The lowest BCUT2D eigenvalue weighted by Gasteiger charge is -2.13. The lowest BCUT2D eigenvalue weighted by atomic mass is 10.2. The van der Waals surface area contributed by atoms with Gasteiger partial charge in [0.05, 0.1) is 6.61 Å². The molecule has 2 rings (SSSR count). The van der Waals surface area contributed by atoms with Crippen LogP contribution in [0, 0.1) is 0 Å². The van der Waals surface area contributed by atoms with Crippen molar-refractivity contribution in [2.24, 2.45) is 4.99 Å². The molecule has 6 heteroatoms. The number of ether oxygens (including phenoxy) is 2. The molecule has 0 aliphatic heterocycles. The second kappa shape index (κ2) is 11.5. The Morgan fingerprint density at radius 1 is 1.24 bits per heavy atom. The van der Waals surface area contributed by atoms with Crippen LogP contribution in [-0.4, -0.2) is 39.4 Å². The van der Waals surface area contributed by atoms with Gasteiger partial charge in [-0.1, -0.05) is 6.07 Å². The molecule has 0 saturated carbocycles. The highest BCUT2D eigenvalue weighted by Crippen LogP contribution is 2.17. The van der Waals surface area contributed by atoms with Crippen molar-refractivity contribution >= 4 is 23.0 Å². The third-order valence-corrected chi connectivity index (χ3v) is 4.19. The smallest absolute Gasteiger partial charge is 0.195 e. The van der Waals surface area contributed by atoms with E-state index >= 15 is 0 Å². The number of methoxy groups -OCH3 is 1. The van der Waals surface area contributed by atoms with Gasteiger partial charge in [0, 0.05) is 45.0 Å². The van der Waals surface area contributed by atoms with Crippen LogP contribution in [0.1, 0.15) is 18.9 Å². The van der Waals surface area contributed by atoms with Gasteiger partial charge in [-0.3, -0.25) is 4.99 Å². The highest BCUT2D eigenvalue weighted by atomic mass is 32.1. The number of thiophene rings is 1. The number of benzene rings is 1. The number of anilines is 1. The largest absolute Gasteiger partial charge is 0.493 e. The molecule has 2 aromatic rings. The predicted molar refractivity (Wildman–Crippen MR) is 106 cm³/mol. The second-order valence-corrected chi connectivity index (χ2v) is 6.27. The predicted octanol–water partition coefficient (Wildman–Crippen LogP) is 3.78. The highest BCUT2D eigenvalue weighted by molar-refractivity contribution is 7.07. The van der Waals surface area contributed by atoms with Gasteiger partial charge >= 0.3 is 0 Å². The first-order valence-electron chi connectivity index (χ1n) is 8.60. The number of nitrogens with one attached hydrogen (secondary N) is 2. The van der Waals surface area contributed by atoms with Crippen molar-refractivity contribution in [3.05, 3.63) is 46.7 Å². The minimum absolute atomic E-state index is 0.645. The van der Waals surface area contributed by atoms with Gasteiger partial charge < -0.3 is 20.1 Å². The zero-order chi connectivity index (χ0) is 17.7. The summed E-state index contributed by atoms with van der Waals surface area (Å²) in [7, 11) is 1.70. The summed E-state index contributed by atoms with van der Waals surface area (Å²) in [5.41, 5.74) is 2.29. The van der Waals surface area contributed by atoms with Crippen LogP contribution in [0.5, 0.6) is 5.75 Å². The standard InChI is InChI=1S/C19H27N3O2S/c1-3-20-19(21-10-8-16-9-13-25-15-16)22-17-6-4-7-18(14-17)24-12-5-11-23-2/h4,6-7,9,13-15H,3,5,8,10-12H2,1-2H3,(H2,20,21,22). The van der Waals surface area contributed by atoms with Crippen molar-refractivity contribution in [3.8, 4) is 5.75 Å². The van der Waals surface area contributed by atoms with E-state index < -0.39 is 0 Å². The molecule has 0 aliphatic rings. The average molecular weight is 362 g/mol. The van der Waals surface area contributed by atoms with Crippen LogP contribution >= 0.6 is 11.3 Å². The zero-order valence-electron chi connectivity index (χ0n) is 15.0. The van der Waals surface area contributed by atoms with E-state index in [2.05, 4.69) is 39.4 Å². The van der Waals surface area contributed by atoms with Crippen LogP contribution in [0.25, 0.3) is 0 Å². The Morgan fingerprint density at radius 3 is 2.92 bits per heavy atom. The number of hydrogen-bond acceptors (Lipinski definition) is 4. The molecule has 0 spiro atoms. The molecule has 0 bridgehead atoms. The van der Waals surface area contributed by atoms with E-state index in [0.29, 0.717) is 13.2 Å². The van der Waals surface area contributed by atoms with Crippen molar-refractivity contribution in [2.75, 3.05) is 38.7 Å². The molecule has 0 atom stereocenters. The van der Waals surface area contributed by atoms with Gasteiger partial charge in [-0.05, 0) is 47.9 Å². The molecule has 2 N–H and O–H groups in total. The summed E-state index contributed by atoms with van der Waals surface area (Å²) in [5.74, 6) is 1.63. The summed E-state index contributed by atoms with van der Waals surface area (Å²) in [6.07, 6.45) is 1.82. The Morgan fingerprint density at radius 2 is 2.16 bits per heavy atom. The van der Waals surface area contributed by atoms with E-state index in [1.165, 1.54) is 5.56 Å². The third kappa shape index (κ3) is 7.58. The van der Waals surface area contributed by atoms with Gasteiger partial charge in [0.25, 0.3) is 0 Å². The zero-order valence-corrected chi connectivity index (χ0v) is 15.8. The average Bonchev–Trinajstić information content (AvgIpc) is 3.13. The Balaban J connectivity index is 1.89. The van der Waals surface area contributed by atoms with E-state index in [1.54, 1.807) is 18.4 Å². The lowest BCUT2D eigenvalue weighted by molar-refractivity contribution is 0.172. The molecule has 0 amide bonds. The molecule has 0 unspecified atom stereocenters. The van der Waals surface area contributed by atoms with E-state index in [-0.39, 0.29) is 0 Å². The van der Waals surface area contributed by atoms with Gasteiger partial charge in [0.2, 0.25) is 0 Å². The van der Waals surface area contributed by atoms with Crippen LogP contribution in [0.2, 0.25) is 0 Å². The van der Waals surface area contributed by atoms with Gasteiger partial charge in [0.15, 0.2) is 5.96 Å². The fourth-order valence-electron chi connectivity index (χ4n) is 2.23. The fourth-order valence-corrected chi connectivity index (χ4v) is 2.94. The summed E-state index contributed by atoms with van der Waals surface area (Å²) in [4.78, 5) is 4.64. The quantitative estimate of drug-likeness (QED) is 0.384. The first-order valence-corrected chi connectivity index (χ1v) is 9.54. The maximum absolute atomic E-state index is 5.74. The number of nitrogens with zero attached hydrogens (tertiary/aromatic N) is 1. The third-order valence-electron chi connectivity index (χ3n) is 3.45. The van der Waals surface area contributed by atoms with E-state index in [9.17, 15) is 0 Å². The van der Waals surface area contributed by atoms with Crippen molar-refractivity contribution < 1.29 is 9.47 Å². The molecule has 136 valence electrons. The molecule has 0 saturated heterocycles. The molecule has 0 fully saturated rings. The van der Waals surface area contributed by atoms with Crippen LogP contribution in [-0.2, 0) is 11.2 Å². The van der Waals surface area contributed by atoms with Crippen molar-refractivity contribution in [1.29, 1.82) is 0 Å². The Hall–Kier alpha value is -2.05. The fraction of sp³-hybridized carbons (Fsp3) is 0.421. The van der Waals surface area contributed by atoms with E-state index in [0.717, 1.165) is 43.3 Å². The number of rotatable bonds is 10. The maximum Gasteiger partial charge on any atom is 0.195 e. The minimum Gasteiger partial charge on any atom is -0.493 e. The highest BCUT2D eigenvalue weighted by Gasteiger charge is 2.02. The Labute approximate surface area is 154 Å². The van der Waals surface area contributed by atoms with E-state index in [1.807, 2.05) is 24.3 Å². The minimum atomic E-state index is 0.645. The summed E-state index contributed by atoms with van der Waals surface area (Å²) in [6.45, 7) is 4.98. The lowest BCUT2D eigenvalue weighted by Crippen LogP contribution is -2.30. The molecule has 5 nitrogen and oxygen atoms in total. The summed E-state index contributed by atoms with van der Waals surface area (Å²) < 4.78 is 10.8. The number of guanidine groups is 1. The molecular formula is C19H27N3O2S. The SMILES string of the molecule is CCNC(=NCCc1ccsc1)Nc1cccc(OCCCOC)c1. The monoisotopic (exact) mass is 361 g/mol. The van der Waals surface area contributed by atoms with Crippen LogP contribution < -0.4 is 15.4 Å². The van der Waals surface area contributed by atoms with Crippen LogP contribution in [0.3, 0.4) is 0 Å². The van der Waals surface area contributed by atoms with Gasteiger partial charge in [0.1, 0.15) is 5.75 Å². The van der Waals surface area contributed by atoms with Crippen molar-refractivity contribution in [3.63, 3.8) is 0 Å². The normalized spacial score (nSPS) is 11.4. The summed E-state index contributed by atoms with van der Waals surface area (Å²) in [6, 6.07) is 10.1. The molecule has 0 radical (unpaired) electrons. The number of aliphatic imine (C=N–C) groups is 1. The molecule has 0 aliphatic carbocycles. The molecule has 1 aromatic carbocycles. The molecule has 1 aromatic heterocycles. The van der Waals surface area contributed by atoms with Crippen LogP contribution in [0.15, 0.2) is 46.1 Å². The summed E-state index contributed by atoms with van der Waals surface area (Å²) >= 11 is 1.72. The topological polar surface area (TPSA) is 54.9 Å². The summed E-state index contributed by atoms with van der Waals surface area (Å²) in [5, 5.41) is 10.9. The second-order valence-electron chi connectivity index (χ2n) is 5.49. The molecule has 1 heterocycles. The Bertz CT molecular complexity index is 629.